The molecule has 2 aromatic rings. The van der Waals surface area contributed by atoms with Gasteiger partial charge in [-0.3, -0.25) is 0 Å². The summed E-state index contributed by atoms with van der Waals surface area (Å²) in [5.74, 6) is 1.59. The molecule has 7 nitrogen and oxygen atoms in total. The minimum absolute atomic E-state index is 0.191. The maximum atomic E-state index is 12.7. The molecule has 1 aliphatic heterocycles. The van der Waals surface area contributed by atoms with Crippen LogP contribution < -0.4 is 10.2 Å². The highest BCUT2D eigenvalue weighted by Crippen LogP contribution is 2.24. The topological polar surface area (TPSA) is 78.4 Å². The molecule has 1 N–H and O–H groups in total. The fourth-order valence-electron chi connectivity index (χ4n) is 2.88. The summed E-state index contributed by atoms with van der Waals surface area (Å²) in [4.78, 5) is 10.7. The number of rotatable bonds is 5. The third-order valence-electron chi connectivity index (χ3n) is 4.37. The largest absolute Gasteiger partial charge is 0.367 e. The molecule has 0 radical (unpaired) electrons. The second-order valence-electron chi connectivity index (χ2n) is 6.43. The second-order valence-corrected chi connectivity index (χ2v) is 9.29. The summed E-state index contributed by atoms with van der Waals surface area (Å²) < 4.78 is 27.9. The summed E-state index contributed by atoms with van der Waals surface area (Å²) in [6.07, 6.45) is 3.00. The van der Waals surface area contributed by atoms with Gasteiger partial charge in [0.05, 0.1) is 4.90 Å². The van der Waals surface area contributed by atoms with Crippen LogP contribution in [-0.4, -0.2) is 55.9 Å². The van der Waals surface area contributed by atoms with Gasteiger partial charge < -0.3 is 10.2 Å². The van der Waals surface area contributed by atoms with Crippen molar-refractivity contribution in [3.8, 4) is 0 Å². The van der Waals surface area contributed by atoms with Gasteiger partial charge in [0.1, 0.15) is 18.0 Å². The van der Waals surface area contributed by atoms with E-state index in [2.05, 4.69) is 31.2 Å². The predicted molar refractivity (Wildman–Crippen MR) is 106 cm³/mol. The van der Waals surface area contributed by atoms with Gasteiger partial charge in [0, 0.05) is 43.8 Å². The standard InChI is InChI=1S/C17H22BrN5O2S/c1-22(2)17-11-16(19-12-20-17)21-14-7-9-23(10-8-14)26(24,25)15-5-3-13(18)4-6-15/h3-6,11-12,14H,7-10H2,1-2H3,(H,19,20,21). The summed E-state index contributed by atoms with van der Waals surface area (Å²) in [7, 11) is 0.416. The van der Waals surface area contributed by atoms with Gasteiger partial charge in [0.2, 0.25) is 10.0 Å². The number of sulfonamides is 1. The highest BCUT2D eigenvalue weighted by Gasteiger charge is 2.29. The number of nitrogens with one attached hydrogen (secondary N) is 1. The summed E-state index contributed by atoms with van der Waals surface area (Å²) in [6.45, 7) is 0.976. The first kappa shape index (κ1) is 19.1. The summed E-state index contributed by atoms with van der Waals surface area (Å²) in [5.41, 5.74) is 0. The molecule has 0 amide bonds. The van der Waals surface area contributed by atoms with E-state index in [0.29, 0.717) is 18.0 Å². The minimum Gasteiger partial charge on any atom is -0.367 e. The number of halogens is 1. The molecule has 1 aromatic carbocycles. The van der Waals surface area contributed by atoms with E-state index < -0.39 is 10.0 Å². The lowest BCUT2D eigenvalue weighted by Gasteiger charge is -2.32. The van der Waals surface area contributed by atoms with Crippen molar-refractivity contribution in [2.45, 2.75) is 23.8 Å². The molecule has 9 heteroatoms. The number of piperidine rings is 1. The van der Waals surface area contributed by atoms with Crippen LogP contribution >= 0.6 is 15.9 Å². The van der Waals surface area contributed by atoms with Crippen LogP contribution in [0.3, 0.4) is 0 Å². The molecule has 1 aromatic heterocycles. The smallest absolute Gasteiger partial charge is 0.243 e. The fraction of sp³-hybridized carbons (Fsp3) is 0.412. The molecular formula is C17H22BrN5O2S. The molecule has 1 saturated heterocycles. The van der Waals surface area contributed by atoms with Crippen molar-refractivity contribution in [2.24, 2.45) is 0 Å². The molecule has 0 bridgehead atoms. The third kappa shape index (κ3) is 4.33. The van der Waals surface area contributed by atoms with Gasteiger partial charge in [0.25, 0.3) is 0 Å². The van der Waals surface area contributed by atoms with E-state index in [1.54, 1.807) is 28.6 Å². The average molecular weight is 440 g/mol. The number of nitrogens with zero attached hydrogens (tertiary/aromatic N) is 4. The van der Waals surface area contributed by atoms with E-state index in [4.69, 9.17) is 0 Å². The Morgan fingerprint density at radius 2 is 1.81 bits per heavy atom. The molecule has 2 heterocycles. The molecule has 26 heavy (non-hydrogen) atoms. The molecule has 1 aliphatic rings. The Bertz CT molecular complexity index is 850. The van der Waals surface area contributed by atoms with E-state index in [1.807, 2.05) is 25.1 Å². The van der Waals surface area contributed by atoms with Crippen LogP contribution in [0.2, 0.25) is 0 Å². The Labute approximate surface area is 162 Å². The van der Waals surface area contributed by atoms with E-state index in [-0.39, 0.29) is 6.04 Å². The fourth-order valence-corrected chi connectivity index (χ4v) is 4.61. The first-order valence-electron chi connectivity index (χ1n) is 8.38. The van der Waals surface area contributed by atoms with Gasteiger partial charge in [-0.2, -0.15) is 4.31 Å². The van der Waals surface area contributed by atoms with Crippen LogP contribution in [0.15, 0.2) is 46.0 Å². The lowest BCUT2D eigenvalue weighted by Crippen LogP contribution is -2.42. The van der Waals surface area contributed by atoms with Gasteiger partial charge in [-0.25, -0.2) is 18.4 Å². The Hall–Kier alpha value is -1.71. The van der Waals surface area contributed by atoms with Crippen LogP contribution in [0.4, 0.5) is 11.6 Å². The van der Waals surface area contributed by atoms with Gasteiger partial charge >= 0.3 is 0 Å². The van der Waals surface area contributed by atoms with Gasteiger partial charge in [-0.1, -0.05) is 15.9 Å². The number of anilines is 2. The minimum atomic E-state index is -3.44. The monoisotopic (exact) mass is 439 g/mol. The number of hydrogen-bond acceptors (Lipinski definition) is 6. The van der Waals surface area contributed by atoms with E-state index in [0.717, 1.165) is 29.0 Å². The van der Waals surface area contributed by atoms with Crippen LogP contribution in [-0.2, 0) is 10.0 Å². The molecule has 1 fully saturated rings. The van der Waals surface area contributed by atoms with E-state index in [9.17, 15) is 8.42 Å². The molecule has 140 valence electrons. The molecule has 3 rings (SSSR count). The number of benzene rings is 1. The van der Waals surface area contributed by atoms with Crippen LogP contribution in [0, 0.1) is 0 Å². The summed E-state index contributed by atoms with van der Waals surface area (Å²) >= 11 is 3.33. The zero-order valence-electron chi connectivity index (χ0n) is 14.8. The van der Waals surface area contributed by atoms with Gasteiger partial charge in [-0.05, 0) is 37.1 Å². The van der Waals surface area contributed by atoms with Crippen molar-refractivity contribution in [3.63, 3.8) is 0 Å². The average Bonchev–Trinajstić information content (AvgIpc) is 2.63. The summed E-state index contributed by atoms with van der Waals surface area (Å²) in [5, 5.41) is 3.39. The number of aromatic nitrogens is 2. The van der Waals surface area contributed by atoms with Crippen molar-refractivity contribution < 1.29 is 8.42 Å². The molecule has 0 saturated carbocycles. The first-order valence-corrected chi connectivity index (χ1v) is 10.6. The van der Waals surface area contributed by atoms with Crippen LogP contribution in [0.5, 0.6) is 0 Å². The zero-order chi connectivity index (χ0) is 18.7. The van der Waals surface area contributed by atoms with Crippen molar-refractivity contribution in [1.82, 2.24) is 14.3 Å². The van der Waals surface area contributed by atoms with E-state index in [1.165, 1.54) is 6.33 Å². The lowest BCUT2D eigenvalue weighted by atomic mass is 10.1. The number of hydrogen-bond donors (Lipinski definition) is 1. The molecule has 0 unspecified atom stereocenters. The Morgan fingerprint density at radius 1 is 1.15 bits per heavy atom. The van der Waals surface area contributed by atoms with Gasteiger partial charge in [0.15, 0.2) is 0 Å². The molecule has 0 aliphatic carbocycles. The SMILES string of the molecule is CN(C)c1cc(NC2CCN(S(=O)(=O)c3ccc(Br)cc3)CC2)ncn1. The van der Waals surface area contributed by atoms with Crippen LogP contribution in [0.1, 0.15) is 12.8 Å². The lowest BCUT2D eigenvalue weighted by molar-refractivity contribution is 0.329. The van der Waals surface area contributed by atoms with E-state index >= 15 is 0 Å². The Balaban J connectivity index is 1.62. The maximum Gasteiger partial charge on any atom is 0.243 e. The quantitative estimate of drug-likeness (QED) is 0.770. The highest BCUT2D eigenvalue weighted by atomic mass is 79.9. The van der Waals surface area contributed by atoms with Crippen molar-refractivity contribution >= 4 is 37.6 Å². The first-order chi connectivity index (χ1) is 12.4. The Kier molecular flexibility index (Phi) is 5.79. The normalized spacial score (nSPS) is 16.4. The zero-order valence-corrected chi connectivity index (χ0v) is 17.2. The molecule has 0 atom stereocenters. The van der Waals surface area contributed by atoms with Crippen molar-refractivity contribution in [1.29, 1.82) is 0 Å². The molecular weight excluding hydrogens is 418 g/mol. The Morgan fingerprint density at radius 3 is 2.42 bits per heavy atom. The second kappa shape index (κ2) is 7.89. The third-order valence-corrected chi connectivity index (χ3v) is 6.81. The van der Waals surface area contributed by atoms with Crippen molar-refractivity contribution in [3.05, 3.63) is 41.1 Å². The molecule has 0 spiro atoms. The van der Waals surface area contributed by atoms with Gasteiger partial charge in [-0.15, -0.1) is 0 Å². The van der Waals surface area contributed by atoms with Crippen molar-refractivity contribution in [2.75, 3.05) is 37.4 Å². The van der Waals surface area contributed by atoms with Crippen LogP contribution in [0.25, 0.3) is 0 Å². The predicted octanol–water partition coefficient (Wildman–Crippen LogP) is 2.57. The summed E-state index contributed by atoms with van der Waals surface area (Å²) in [6, 6.07) is 8.85. The maximum absolute atomic E-state index is 12.7. The highest BCUT2D eigenvalue weighted by molar-refractivity contribution is 9.10.